The van der Waals surface area contributed by atoms with Gasteiger partial charge in [0, 0.05) is 30.9 Å². The van der Waals surface area contributed by atoms with Gasteiger partial charge < -0.3 is 10.1 Å². The summed E-state index contributed by atoms with van der Waals surface area (Å²) >= 11 is 3.34. The number of nitrogens with zero attached hydrogens (tertiary/aromatic N) is 2. The lowest BCUT2D eigenvalue weighted by Gasteiger charge is -2.15. The predicted molar refractivity (Wildman–Crippen MR) is 73.2 cm³/mol. The monoisotopic (exact) mass is 315 g/mol. The van der Waals surface area contributed by atoms with Gasteiger partial charge in [0.1, 0.15) is 0 Å². The molecule has 100 valence electrons. The van der Waals surface area contributed by atoms with Crippen LogP contribution < -0.4 is 5.32 Å². The molecule has 1 amide bonds. The molecule has 0 aromatic carbocycles. The van der Waals surface area contributed by atoms with Gasteiger partial charge in [-0.25, -0.2) is 0 Å². The highest BCUT2D eigenvalue weighted by Crippen LogP contribution is 2.08. The number of amides is 1. The van der Waals surface area contributed by atoms with Crippen LogP contribution in [-0.4, -0.2) is 49.6 Å². The van der Waals surface area contributed by atoms with Crippen LogP contribution in [0.4, 0.5) is 0 Å². The lowest BCUT2D eigenvalue weighted by atomic mass is 10.3. The van der Waals surface area contributed by atoms with E-state index in [2.05, 4.69) is 26.2 Å². The molecule has 0 saturated carbocycles. The average molecular weight is 316 g/mol. The zero-order valence-corrected chi connectivity index (χ0v) is 12.2. The van der Waals surface area contributed by atoms with E-state index in [1.807, 2.05) is 24.1 Å². The molecule has 0 radical (unpaired) electrons. The molecule has 0 saturated heterocycles. The highest BCUT2D eigenvalue weighted by molar-refractivity contribution is 9.10. The summed E-state index contributed by atoms with van der Waals surface area (Å²) in [6.45, 7) is 2.07. The van der Waals surface area contributed by atoms with Gasteiger partial charge in [-0.2, -0.15) is 0 Å². The second-order valence-corrected chi connectivity index (χ2v) is 4.90. The number of methoxy groups -OCH3 is 1. The van der Waals surface area contributed by atoms with E-state index in [9.17, 15) is 4.79 Å². The molecule has 0 fully saturated rings. The van der Waals surface area contributed by atoms with E-state index in [1.54, 1.807) is 13.3 Å². The molecule has 18 heavy (non-hydrogen) atoms. The molecule has 6 heteroatoms. The first-order valence-electron chi connectivity index (χ1n) is 5.66. The highest BCUT2D eigenvalue weighted by Gasteiger charge is 2.07. The third-order valence-corrected chi connectivity index (χ3v) is 2.73. The molecule has 0 spiro atoms. The van der Waals surface area contributed by atoms with E-state index in [-0.39, 0.29) is 5.91 Å². The Bertz CT molecular complexity index is 370. The molecule has 5 nitrogen and oxygen atoms in total. The molecule has 1 aromatic rings. The van der Waals surface area contributed by atoms with Crippen molar-refractivity contribution in [2.45, 2.75) is 6.54 Å². The fourth-order valence-corrected chi connectivity index (χ4v) is 1.66. The third-order valence-electron chi connectivity index (χ3n) is 2.26. The lowest BCUT2D eigenvalue weighted by molar-refractivity contribution is -0.122. The Morgan fingerprint density at radius 3 is 2.94 bits per heavy atom. The van der Waals surface area contributed by atoms with Crippen LogP contribution in [0.1, 0.15) is 5.69 Å². The van der Waals surface area contributed by atoms with Gasteiger partial charge in [-0.3, -0.25) is 14.7 Å². The SMILES string of the molecule is COCCNC(=O)CN(C)Cc1ccc(Br)cn1. The van der Waals surface area contributed by atoms with E-state index < -0.39 is 0 Å². The first-order valence-corrected chi connectivity index (χ1v) is 6.45. The average Bonchev–Trinajstić information content (AvgIpc) is 2.32. The Hall–Kier alpha value is -0.980. The summed E-state index contributed by atoms with van der Waals surface area (Å²) in [7, 11) is 3.50. The fraction of sp³-hybridized carbons (Fsp3) is 0.500. The Morgan fingerprint density at radius 1 is 1.56 bits per heavy atom. The van der Waals surface area contributed by atoms with Gasteiger partial charge in [0.25, 0.3) is 0 Å². The topological polar surface area (TPSA) is 54.5 Å². The van der Waals surface area contributed by atoms with Crippen molar-refractivity contribution in [2.24, 2.45) is 0 Å². The fourth-order valence-electron chi connectivity index (χ4n) is 1.43. The molecule has 1 heterocycles. The van der Waals surface area contributed by atoms with E-state index in [0.29, 0.717) is 26.2 Å². The minimum absolute atomic E-state index is 0.00772. The zero-order chi connectivity index (χ0) is 13.4. The molecular weight excluding hydrogens is 298 g/mol. The summed E-state index contributed by atoms with van der Waals surface area (Å²) in [6.07, 6.45) is 1.75. The van der Waals surface area contributed by atoms with E-state index in [1.165, 1.54) is 0 Å². The van der Waals surface area contributed by atoms with Crippen LogP contribution in [0, 0.1) is 0 Å². The van der Waals surface area contributed by atoms with E-state index in [4.69, 9.17) is 4.74 Å². The van der Waals surface area contributed by atoms with Crippen molar-refractivity contribution >= 4 is 21.8 Å². The standard InChI is InChI=1S/C12H18BrN3O2/c1-16(9-12(17)14-5-6-18-2)8-11-4-3-10(13)7-15-11/h3-4,7H,5-6,8-9H2,1-2H3,(H,14,17). The lowest BCUT2D eigenvalue weighted by Crippen LogP contribution is -2.36. The molecule has 0 aliphatic carbocycles. The zero-order valence-electron chi connectivity index (χ0n) is 10.6. The molecule has 0 unspecified atom stereocenters. The summed E-state index contributed by atoms with van der Waals surface area (Å²) in [5.41, 5.74) is 0.936. The minimum atomic E-state index is -0.00772. The number of nitrogens with one attached hydrogen (secondary N) is 1. The van der Waals surface area contributed by atoms with E-state index in [0.717, 1.165) is 10.2 Å². The third kappa shape index (κ3) is 6.09. The van der Waals surface area contributed by atoms with Gasteiger partial charge in [-0.15, -0.1) is 0 Å². The van der Waals surface area contributed by atoms with Crippen LogP contribution in [0.5, 0.6) is 0 Å². The van der Waals surface area contributed by atoms with Crippen LogP contribution >= 0.6 is 15.9 Å². The number of pyridine rings is 1. The first-order chi connectivity index (χ1) is 8.61. The normalized spacial score (nSPS) is 10.7. The second-order valence-electron chi connectivity index (χ2n) is 3.98. The number of hydrogen-bond acceptors (Lipinski definition) is 4. The van der Waals surface area contributed by atoms with Crippen LogP contribution in [-0.2, 0) is 16.1 Å². The molecule has 0 aliphatic rings. The Kier molecular flexibility index (Phi) is 6.85. The van der Waals surface area contributed by atoms with Crippen LogP contribution in [0.3, 0.4) is 0 Å². The van der Waals surface area contributed by atoms with Crippen molar-refractivity contribution in [2.75, 3.05) is 33.9 Å². The van der Waals surface area contributed by atoms with Crippen LogP contribution in [0.15, 0.2) is 22.8 Å². The number of ether oxygens (including phenoxy) is 1. The smallest absolute Gasteiger partial charge is 0.234 e. The number of halogens is 1. The summed E-state index contributed by atoms with van der Waals surface area (Å²) in [5, 5.41) is 2.78. The summed E-state index contributed by atoms with van der Waals surface area (Å²) in [4.78, 5) is 17.7. The highest BCUT2D eigenvalue weighted by atomic mass is 79.9. The van der Waals surface area contributed by atoms with Gasteiger partial charge in [-0.05, 0) is 35.1 Å². The molecule has 0 atom stereocenters. The number of carbonyl (C=O) groups is 1. The van der Waals surface area contributed by atoms with Crippen LogP contribution in [0.25, 0.3) is 0 Å². The number of likely N-dealkylation sites (N-methyl/N-ethyl adjacent to an activating group) is 1. The minimum Gasteiger partial charge on any atom is -0.383 e. The first kappa shape index (κ1) is 15.1. The maximum absolute atomic E-state index is 11.5. The van der Waals surface area contributed by atoms with Crippen molar-refractivity contribution in [3.8, 4) is 0 Å². The van der Waals surface area contributed by atoms with Gasteiger partial charge >= 0.3 is 0 Å². The molecule has 0 bridgehead atoms. The maximum Gasteiger partial charge on any atom is 0.234 e. The van der Waals surface area contributed by atoms with Crippen LogP contribution in [0.2, 0.25) is 0 Å². The number of aromatic nitrogens is 1. The quantitative estimate of drug-likeness (QED) is 0.764. The maximum atomic E-state index is 11.5. The van der Waals surface area contributed by atoms with Gasteiger partial charge in [0.15, 0.2) is 0 Å². The Balaban J connectivity index is 2.30. The predicted octanol–water partition coefficient (Wildman–Crippen LogP) is 1.04. The molecule has 1 rings (SSSR count). The molecule has 1 N–H and O–H groups in total. The Labute approximate surface area is 116 Å². The van der Waals surface area contributed by atoms with Crippen molar-refractivity contribution in [3.63, 3.8) is 0 Å². The van der Waals surface area contributed by atoms with Gasteiger partial charge in [0.2, 0.25) is 5.91 Å². The number of carbonyl (C=O) groups excluding carboxylic acids is 1. The molecular formula is C12H18BrN3O2. The van der Waals surface area contributed by atoms with Gasteiger partial charge in [0.05, 0.1) is 18.8 Å². The van der Waals surface area contributed by atoms with Crippen molar-refractivity contribution in [3.05, 3.63) is 28.5 Å². The second kappa shape index (κ2) is 8.18. The largest absolute Gasteiger partial charge is 0.383 e. The molecule has 1 aromatic heterocycles. The van der Waals surface area contributed by atoms with Crippen molar-refractivity contribution in [1.82, 2.24) is 15.2 Å². The van der Waals surface area contributed by atoms with E-state index >= 15 is 0 Å². The number of hydrogen-bond donors (Lipinski definition) is 1. The number of rotatable bonds is 7. The molecule has 0 aliphatic heterocycles. The summed E-state index contributed by atoms with van der Waals surface area (Å²) < 4.78 is 5.81. The van der Waals surface area contributed by atoms with Gasteiger partial charge in [-0.1, -0.05) is 0 Å². The summed E-state index contributed by atoms with van der Waals surface area (Å²) in [5.74, 6) is -0.00772. The summed E-state index contributed by atoms with van der Waals surface area (Å²) in [6, 6.07) is 3.87. The Morgan fingerprint density at radius 2 is 2.33 bits per heavy atom. The van der Waals surface area contributed by atoms with Crippen molar-refractivity contribution in [1.29, 1.82) is 0 Å². The van der Waals surface area contributed by atoms with Crippen molar-refractivity contribution < 1.29 is 9.53 Å².